The van der Waals surface area contributed by atoms with Gasteiger partial charge < -0.3 is 51.0 Å². The molecule has 6 aromatic heterocycles. The number of urea groups is 1. The number of anilines is 3. The standard InChI is InChI=1S/C17H20N4O2.C16H19N3O.C15H15N3O.CH3.BrH.Mg/c1-17(2,23)14-7-13(8-19-10-14)12-6-11-4-3-5-21(16(18)22)15(11)20-9-12;1-16(2,20)14-7-13(8-17-10-14)12-6-11-4-3-5-18-15(11)19-9-12;1-10(19)12-6-13(8-16-7-12)14-5-11-3-2-4-17-15(11)18-9-14;;;/h6-10,23H,3-5H2,1-2H3,(H2,18,22);6-10,20H,3-5H2,1-2H3,(H,18,19);5-9H,2-4H2,1H3,(H,17,18);1H3;1H;/q;;;-1;;+2/p-1. The molecule has 14 nitrogen and oxygen atoms in total. The first-order valence-corrected chi connectivity index (χ1v) is 21.0. The number of pyridine rings is 6. The monoisotopic (exact) mass is 952 g/mol. The Morgan fingerprint density at radius 1 is 0.600 bits per heavy atom. The van der Waals surface area contributed by atoms with Gasteiger partial charge in [0, 0.05) is 125 Å². The van der Waals surface area contributed by atoms with Crippen LogP contribution in [0, 0.1) is 7.43 Å². The summed E-state index contributed by atoms with van der Waals surface area (Å²) in [6.07, 6.45) is 21.8. The van der Waals surface area contributed by atoms with Gasteiger partial charge in [-0.1, -0.05) is 0 Å². The number of nitrogens with one attached hydrogen (secondary N) is 2. The largest absolute Gasteiger partial charge is 2.00 e. The summed E-state index contributed by atoms with van der Waals surface area (Å²) in [6.45, 7) is 11.1. The molecule has 0 bridgehead atoms. The van der Waals surface area contributed by atoms with Crippen LogP contribution in [0.1, 0.15) is 92.1 Å². The minimum absolute atomic E-state index is 0. The number of hydrogen-bond acceptors (Lipinski definition) is 12. The summed E-state index contributed by atoms with van der Waals surface area (Å²) >= 11 is 0. The van der Waals surface area contributed by atoms with E-state index in [0.29, 0.717) is 17.9 Å². The molecule has 65 heavy (non-hydrogen) atoms. The van der Waals surface area contributed by atoms with E-state index in [1.54, 1.807) is 71.8 Å². The van der Waals surface area contributed by atoms with Crippen molar-refractivity contribution in [3.8, 4) is 33.4 Å². The van der Waals surface area contributed by atoms with E-state index < -0.39 is 17.2 Å². The Labute approximate surface area is 408 Å². The second-order valence-electron chi connectivity index (χ2n) is 16.9. The number of ketones is 1. The topological polar surface area (TPSA) is 205 Å². The maximum Gasteiger partial charge on any atom is 2.00 e. The first-order chi connectivity index (χ1) is 29.6. The molecule has 0 aliphatic carbocycles. The van der Waals surface area contributed by atoms with Gasteiger partial charge >= 0.3 is 29.1 Å². The molecule has 0 saturated carbocycles. The minimum atomic E-state index is -0.951. The van der Waals surface area contributed by atoms with Crippen molar-refractivity contribution in [2.75, 3.05) is 35.2 Å². The van der Waals surface area contributed by atoms with Gasteiger partial charge in [-0.05, 0) is 126 Å². The zero-order chi connectivity index (χ0) is 44.0. The molecular weight excluding hydrogens is 897 g/mol. The Balaban J connectivity index is 0.000000210. The van der Waals surface area contributed by atoms with E-state index in [2.05, 4.69) is 52.7 Å². The van der Waals surface area contributed by atoms with Gasteiger partial charge in [0.15, 0.2) is 5.78 Å². The molecule has 3 aliphatic rings. The van der Waals surface area contributed by atoms with Crippen molar-refractivity contribution < 1.29 is 36.8 Å². The first-order valence-electron chi connectivity index (χ1n) is 21.0. The van der Waals surface area contributed by atoms with Crippen molar-refractivity contribution >= 4 is 52.3 Å². The summed E-state index contributed by atoms with van der Waals surface area (Å²) in [5.41, 5.74) is 15.0. The number of primary amides is 1. The second kappa shape index (κ2) is 22.7. The van der Waals surface area contributed by atoms with E-state index in [4.69, 9.17) is 5.73 Å². The van der Waals surface area contributed by atoms with E-state index in [-0.39, 0.29) is 53.2 Å². The zero-order valence-electron chi connectivity index (χ0n) is 38.0. The molecule has 0 radical (unpaired) electrons. The predicted molar refractivity (Wildman–Crippen MR) is 254 cm³/mol. The number of nitrogens with two attached hydrogens (primary N) is 1. The molecule has 3 aliphatic heterocycles. The number of aryl methyl sites for hydroxylation is 3. The molecule has 0 unspecified atom stereocenters. The van der Waals surface area contributed by atoms with Crippen molar-refractivity contribution in [2.45, 2.75) is 84.3 Å². The molecular formula is C49H57BrMgN10O4. The van der Waals surface area contributed by atoms with Crippen molar-refractivity contribution in [1.29, 1.82) is 0 Å². The van der Waals surface area contributed by atoms with Gasteiger partial charge in [0.1, 0.15) is 17.5 Å². The normalized spacial score (nSPS) is 13.6. The Morgan fingerprint density at radius 2 is 1.02 bits per heavy atom. The molecule has 0 fully saturated rings. The summed E-state index contributed by atoms with van der Waals surface area (Å²) in [5.74, 6) is 2.64. The van der Waals surface area contributed by atoms with E-state index in [9.17, 15) is 19.8 Å². The van der Waals surface area contributed by atoms with Crippen LogP contribution in [0.5, 0.6) is 0 Å². The second-order valence-corrected chi connectivity index (χ2v) is 16.9. The van der Waals surface area contributed by atoms with Crippen LogP contribution >= 0.6 is 0 Å². The molecule has 0 spiro atoms. The van der Waals surface area contributed by atoms with E-state index in [0.717, 1.165) is 113 Å². The number of rotatable bonds is 6. The molecule has 0 aromatic carbocycles. The van der Waals surface area contributed by atoms with Crippen LogP contribution in [0.4, 0.5) is 22.2 Å². The van der Waals surface area contributed by atoms with Crippen LogP contribution < -0.4 is 38.2 Å². The number of Topliss-reactive ketones (excluding diaryl/α,β-unsaturated/α-hetero) is 1. The Kier molecular flexibility index (Phi) is 18.2. The molecule has 336 valence electrons. The van der Waals surface area contributed by atoms with Gasteiger partial charge in [0.25, 0.3) is 0 Å². The fourth-order valence-corrected chi connectivity index (χ4v) is 7.50. The molecule has 6 aromatic rings. The van der Waals surface area contributed by atoms with Crippen LogP contribution in [0.2, 0.25) is 0 Å². The van der Waals surface area contributed by atoms with Crippen molar-refractivity contribution in [3.05, 3.63) is 133 Å². The molecule has 0 saturated heterocycles. The third-order valence-corrected chi connectivity index (χ3v) is 11.1. The molecule has 9 rings (SSSR count). The number of hydrogen-bond donors (Lipinski definition) is 5. The predicted octanol–water partition coefficient (Wildman–Crippen LogP) is 4.71. The number of aliphatic hydroxyl groups is 2. The summed E-state index contributed by atoms with van der Waals surface area (Å²) in [6, 6.07) is 11.6. The molecule has 6 N–H and O–H groups in total. The van der Waals surface area contributed by atoms with E-state index in [1.807, 2.05) is 42.9 Å². The average Bonchev–Trinajstić information content (AvgIpc) is 3.28. The van der Waals surface area contributed by atoms with Crippen molar-refractivity contribution in [3.63, 3.8) is 0 Å². The summed E-state index contributed by atoms with van der Waals surface area (Å²) < 4.78 is 0. The molecule has 16 heteroatoms. The summed E-state index contributed by atoms with van der Waals surface area (Å²) in [4.78, 5) is 50.3. The summed E-state index contributed by atoms with van der Waals surface area (Å²) in [5, 5.41) is 26.8. The number of halogens is 1. The van der Waals surface area contributed by atoms with Gasteiger partial charge in [-0.2, -0.15) is 0 Å². The molecule has 9 heterocycles. The maximum absolute atomic E-state index is 11.5. The molecule has 0 atom stereocenters. The first kappa shape index (κ1) is 52.2. The van der Waals surface area contributed by atoms with Gasteiger partial charge in [0.05, 0.1) is 11.2 Å². The Bertz CT molecular complexity index is 2600. The number of amides is 2. The number of carbonyl (C=O) groups is 2. The number of carbonyl (C=O) groups excluding carboxylic acids is 2. The third-order valence-electron chi connectivity index (χ3n) is 11.1. The van der Waals surface area contributed by atoms with Crippen LogP contribution in [-0.2, 0) is 30.5 Å². The van der Waals surface area contributed by atoms with Gasteiger partial charge in [-0.15, -0.1) is 0 Å². The van der Waals surface area contributed by atoms with E-state index in [1.165, 1.54) is 16.0 Å². The zero-order valence-corrected chi connectivity index (χ0v) is 41.0. The van der Waals surface area contributed by atoms with Crippen LogP contribution in [0.3, 0.4) is 0 Å². The fraction of sp³-hybridized carbons (Fsp3) is 0.327. The number of nitrogens with zero attached hydrogens (tertiary/aromatic N) is 7. The number of fused-ring (bicyclic) bond motifs is 3. The van der Waals surface area contributed by atoms with Crippen molar-refractivity contribution in [2.24, 2.45) is 5.73 Å². The Hall–Kier alpha value is -5.39. The average molecular weight is 954 g/mol. The number of aromatic nitrogens is 6. The van der Waals surface area contributed by atoms with Crippen LogP contribution in [0.15, 0.2) is 92.2 Å². The maximum atomic E-state index is 11.5. The van der Waals surface area contributed by atoms with Crippen molar-refractivity contribution in [1.82, 2.24) is 29.9 Å². The molecule has 2 amide bonds. The van der Waals surface area contributed by atoms with Crippen LogP contribution in [-0.4, -0.2) is 94.6 Å². The minimum Gasteiger partial charge on any atom is -1.00 e. The van der Waals surface area contributed by atoms with E-state index >= 15 is 0 Å². The SMILES string of the molecule is CC(=O)c1cncc(-c2cnc3c(c2)CCCN3)c1.CC(C)(O)c1cncc(-c2cnc3c(c2)CCCN3)c1.CC(C)(O)c1cncc(-c2cnc3c(c2)CCCN3C(N)=O)c1.[Br-].[CH3-].[Mg+2]. The fourth-order valence-electron chi connectivity index (χ4n) is 7.50. The van der Waals surface area contributed by atoms with Crippen LogP contribution in [0.25, 0.3) is 33.4 Å². The smallest absolute Gasteiger partial charge is 1.00 e. The van der Waals surface area contributed by atoms with Gasteiger partial charge in [-0.3, -0.25) is 24.6 Å². The van der Waals surface area contributed by atoms with Gasteiger partial charge in [0.2, 0.25) is 0 Å². The quantitative estimate of drug-likeness (QED) is 0.0876. The van der Waals surface area contributed by atoms with Gasteiger partial charge in [-0.25, -0.2) is 19.7 Å². The summed E-state index contributed by atoms with van der Waals surface area (Å²) in [7, 11) is 0. The third kappa shape index (κ3) is 13.1. The Morgan fingerprint density at radius 3 is 1.48 bits per heavy atom.